The van der Waals surface area contributed by atoms with Crippen LogP contribution in [0, 0.1) is 17.8 Å². The molecule has 0 aromatic heterocycles. The summed E-state index contributed by atoms with van der Waals surface area (Å²) in [6.45, 7) is 5.15. The fourth-order valence-corrected chi connectivity index (χ4v) is 2.29. The third-order valence-electron chi connectivity index (χ3n) is 3.56. The first-order valence-electron chi connectivity index (χ1n) is 6.23. The number of aliphatic imine (C=N–C) groups is 1. The van der Waals surface area contributed by atoms with Gasteiger partial charge in [0.1, 0.15) is 0 Å². The zero-order valence-corrected chi connectivity index (χ0v) is 12.6. The minimum absolute atomic E-state index is 0. The minimum atomic E-state index is 0. The lowest BCUT2D eigenvalue weighted by Gasteiger charge is -2.25. The summed E-state index contributed by atoms with van der Waals surface area (Å²) in [5.74, 6) is 3.12. The molecule has 0 aromatic carbocycles. The number of nitrogens with one attached hydrogen (secondary N) is 1. The Hall–Kier alpha value is 0. The fraction of sp³-hybridized carbons (Fsp3) is 0.917. The Morgan fingerprint density at radius 2 is 2.12 bits per heavy atom. The van der Waals surface area contributed by atoms with Crippen LogP contribution in [0.5, 0.6) is 0 Å². The maximum Gasteiger partial charge on any atom is 0.188 e. The number of guanidine groups is 1. The second kappa shape index (κ2) is 6.07. The predicted octanol–water partition coefficient (Wildman–Crippen LogP) is 2.35. The van der Waals surface area contributed by atoms with E-state index >= 15 is 0 Å². The average molecular weight is 337 g/mol. The number of hydrogen-bond donors (Lipinski definition) is 2. The quantitative estimate of drug-likeness (QED) is 0.470. The summed E-state index contributed by atoms with van der Waals surface area (Å²) in [6.07, 6.45) is 5.62. The van der Waals surface area contributed by atoms with Crippen molar-refractivity contribution < 1.29 is 0 Å². The van der Waals surface area contributed by atoms with Crippen molar-refractivity contribution >= 4 is 29.9 Å². The van der Waals surface area contributed by atoms with Crippen molar-refractivity contribution in [1.29, 1.82) is 0 Å². The van der Waals surface area contributed by atoms with E-state index in [0.717, 1.165) is 18.4 Å². The van der Waals surface area contributed by atoms with E-state index in [1.165, 1.54) is 25.7 Å². The second-order valence-corrected chi connectivity index (χ2v) is 5.46. The molecule has 0 unspecified atom stereocenters. The molecule has 2 aliphatic rings. The molecule has 0 bridgehead atoms. The normalized spacial score (nSPS) is 29.6. The summed E-state index contributed by atoms with van der Waals surface area (Å²) in [4.78, 5) is 4.32. The van der Waals surface area contributed by atoms with Gasteiger partial charge in [-0.15, -0.1) is 24.0 Å². The molecular weight excluding hydrogens is 313 g/mol. The number of hydrogen-bond acceptors (Lipinski definition) is 1. The molecular formula is C12H24IN3. The number of halogens is 1. The van der Waals surface area contributed by atoms with Crippen LogP contribution >= 0.6 is 24.0 Å². The largest absolute Gasteiger partial charge is 0.370 e. The molecule has 3 N–H and O–H groups in total. The summed E-state index contributed by atoms with van der Waals surface area (Å²) in [6, 6.07) is 0.631. The van der Waals surface area contributed by atoms with Crippen molar-refractivity contribution in [2.24, 2.45) is 28.5 Å². The molecule has 2 rings (SSSR count). The SMILES string of the molecule is CC(C)CN=C(N)N[C@@H]1C[C@H]1C1CCC1.I. The van der Waals surface area contributed by atoms with Crippen LogP contribution in [-0.4, -0.2) is 18.5 Å². The molecule has 2 fully saturated rings. The van der Waals surface area contributed by atoms with Gasteiger partial charge in [-0.2, -0.15) is 0 Å². The Kier molecular flexibility index (Phi) is 5.34. The molecule has 2 aliphatic carbocycles. The van der Waals surface area contributed by atoms with E-state index in [-0.39, 0.29) is 24.0 Å². The molecule has 94 valence electrons. The molecule has 0 heterocycles. The van der Waals surface area contributed by atoms with Crippen LogP contribution in [0.2, 0.25) is 0 Å². The third kappa shape index (κ3) is 3.79. The van der Waals surface area contributed by atoms with Crippen LogP contribution in [0.1, 0.15) is 39.5 Å². The molecule has 0 aliphatic heterocycles. The van der Waals surface area contributed by atoms with Gasteiger partial charge in [0.05, 0.1) is 0 Å². The molecule has 0 spiro atoms. The molecule has 2 atom stereocenters. The molecule has 2 saturated carbocycles. The summed E-state index contributed by atoms with van der Waals surface area (Å²) in [7, 11) is 0. The summed E-state index contributed by atoms with van der Waals surface area (Å²) in [5, 5.41) is 3.34. The second-order valence-electron chi connectivity index (χ2n) is 5.46. The Morgan fingerprint density at radius 1 is 1.44 bits per heavy atom. The highest BCUT2D eigenvalue weighted by molar-refractivity contribution is 14.0. The standard InChI is InChI=1S/C12H23N3.HI/c1-8(2)7-14-12(13)15-11-6-10(11)9-4-3-5-9;/h8-11H,3-7H2,1-2H3,(H3,13,14,15);1H/t10-,11+;/m0./s1. The molecule has 0 radical (unpaired) electrons. The van der Waals surface area contributed by atoms with Crippen LogP contribution in [0.15, 0.2) is 4.99 Å². The highest BCUT2D eigenvalue weighted by atomic mass is 127. The summed E-state index contributed by atoms with van der Waals surface area (Å²) >= 11 is 0. The van der Waals surface area contributed by atoms with Crippen molar-refractivity contribution in [1.82, 2.24) is 5.32 Å². The monoisotopic (exact) mass is 337 g/mol. The van der Waals surface area contributed by atoms with Crippen molar-refractivity contribution in [3.63, 3.8) is 0 Å². The van der Waals surface area contributed by atoms with E-state index in [9.17, 15) is 0 Å². The maximum atomic E-state index is 5.82. The van der Waals surface area contributed by atoms with Gasteiger partial charge in [0.15, 0.2) is 5.96 Å². The topological polar surface area (TPSA) is 50.4 Å². The minimum Gasteiger partial charge on any atom is -0.370 e. The van der Waals surface area contributed by atoms with Crippen molar-refractivity contribution in [2.45, 2.75) is 45.6 Å². The summed E-state index contributed by atoms with van der Waals surface area (Å²) in [5.41, 5.74) is 5.82. The highest BCUT2D eigenvalue weighted by Gasteiger charge is 2.45. The third-order valence-corrected chi connectivity index (χ3v) is 3.56. The Balaban J connectivity index is 0.00000128. The Labute approximate surface area is 116 Å². The van der Waals surface area contributed by atoms with Gasteiger partial charge in [0.25, 0.3) is 0 Å². The van der Waals surface area contributed by atoms with Crippen LogP contribution in [-0.2, 0) is 0 Å². The highest BCUT2D eigenvalue weighted by Crippen LogP contribution is 2.46. The van der Waals surface area contributed by atoms with Gasteiger partial charge in [-0.25, -0.2) is 0 Å². The average Bonchev–Trinajstić information content (AvgIpc) is 2.77. The van der Waals surface area contributed by atoms with Crippen molar-refractivity contribution in [3.8, 4) is 0 Å². The molecule has 16 heavy (non-hydrogen) atoms. The molecule has 0 amide bonds. The Bertz CT molecular complexity index is 249. The van der Waals surface area contributed by atoms with Gasteiger partial charge in [-0.3, -0.25) is 4.99 Å². The van der Waals surface area contributed by atoms with Crippen LogP contribution in [0.25, 0.3) is 0 Å². The maximum absolute atomic E-state index is 5.82. The first-order chi connectivity index (χ1) is 7.16. The first-order valence-corrected chi connectivity index (χ1v) is 6.23. The molecule has 0 aromatic rings. The lowest BCUT2D eigenvalue weighted by molar-refractivity contribution is 0.271. The van der Waals surface area contributed by atoms with E-state index < -0.39 is 0 Å². The lowest BCUT2D eigenvalue weighted by Crippen LogP contribution is -2.35. The smallest absolute Gasteiger partial charge is 0.188 e. The van der Waals surface area contributed by atoms with Gasteiger partial charge in [0, 0.05) is 12.6 Å². The summed E-state index contributed by atoms with van der Waals surface area (Å²) < 4.78 is 0. The van der Waals surface area contributed by atoms with Crippen LogP contribution in [0.4, 0.5) is 0 Å². The lowest BCUT2D eigenvalue weighted by atomic mass is 9.81. The number of nitrogens with zero attached hydrogens (tertiary/aromatic N) is 1. The fourth-order valence-electron chi connectivity index (χ4n) is 2.29. The first kappa shape index (κ1) is 14.1. The van der Waals surface area contributed by atoms with Crippen molar-refractivity contribution in [3.05, 3.63) is 0 Å². The van der Waals surface area contributed by atoms with Crippen LogP contribution in [0.3, 0.4) is 0 Å². The number of rotatable bonds is 4. The van der Waals surface area contributed by atoms with E-state index in [4.69, 9.17) is 5.73 Å². The zero-order chi connectivity index (χ0) is 10.8. The van der Waals surface area contributed by atoms with Gasteiger partial charge in [-0.05, 0) is 24.2 Å². The number of nitrogens with two attached hydrogens (primary N) is 1. The van der Waals surface area contributed by atoms with Gasteiger partial charge < -0.3 is 11.1 Å². The van der Waals surface area contributed by atoms with E-state index in [1.807, 2.05) is 0 Å². The molecule has 0 saturated heterocycles. The van der Waals surface area contributed by atoms with Gasteiger partial charge >= 0.3 is 0 Å². The molecule has 3 nitrogen and oxygen atoms in total. The van der Waals surface area contributed by atoms with Crippen LogP contribution < -0.4 is 11.1 Å². The Morgan fingerprint density at radius 3 is 2.62 bits per heavy atom. The predicted molar refractivity (Wildman–Crippen MR) is 79.1 cm³/mol. The van der Waals surface area contributed by atoms with Crippen molar-refractivity contribution in [2.75, 3.05) is 6.54 Å². The molecule has 4 heteroatoms. The van der Waals surface area contributed by atoms with E-state index in [1.54, 1.807) is 0 Å². The van der Waals surface area contributed by atoms with E-state index in [0.29, 0.717) is 17.9 Å². The van der Waals surface area contributed by atoms with Gasteiger partial charge in [-0.1, -0.05) is 33.1 Å². The zero-order valence-electron chi connectivity index (χ0n) is 10.3. The van der Waals surface area contributed by atoms with E-state index in [2.05, 4.69) is 24.2 Å². The van der Waals surface area contributed by atoms with Gasteiger partial charge in [0.2, 0.25) is 0 Å².